The number of carbonyl (C=O) groups excluding carboxylic acids is 1. The molecule has 3 N–H and O–H groups in total. The Balaban J connectivity index is 1.83. The van der Waals surface area contributed by atoms with Crippen molar-refractivity contribution in [3.63, 3.8) is 0 Å². The van der Waals surface area contributed by atoms with E-state index in [9.17, 15) is 4.79 Å². The van der Waals surface area contributed by atoms with Gasteiger partial charge in [0.25, 0.3) is 0 Å². The minimum absolute atomic E-state index is 0.276. The van der Waals surface area contributed by atoms with Gasteiger partial charge in [-0.15, -0.1) is 0 Å². The van der Waals surface area contributed by atoms with Crippen LogP contribution in [0.2, 0.25) is 0 Å². The summed E-state index contributed by atoms with van der Waals surface area (Å²) in [6.45, 7) is 2.54. The molecule has 0 spiro atoms. The maximum atomic E-state index is 10.9. The molecular formula is C18H22N2O. The van der Waals surface area contributed by atoms with Crippen molar-refractivity contribution in [2.45, 2.75) is 25.8 Å². The largest absolute Gasteiger partial charge is 0.368 e. The van der Waals surface area contributed by atoms with Crippen molar-refractivity contribution >= 4 is 5.91 Å². The van der Waals surface area contributed by atoms with Gasteiger partial charge >= 0.3 is 0 Å². The Hall–Kier alpha value is -2.13. The van der Waals surface area contributed by atoms with E-state index in [1.54, 1.807) is 6.92 Å². The quantitative estimate of drug-likeness (QED) is 0.818. The van der Waals surface area contributed by atoms with Crippen LogP contribution in [0.25, 0.3) is 0 Å². The number of carbonyl (C=O) groups is 1. The number of nitrogens with one attached hydrogen (secondary N) is 1. The number of hydrogen-bond donors (Lipinski definition) is 2. The molecule has 0 aromatic heterocycles. The van der Waals surface area contributed by atoms with Crippen molar-refractivity contribution in [1.82, 2.24) is 5.32 Å². The van der Waals surface area contributed by atoms with Crippen molar-refractivity contribution in [2.24, 2.45) is 5.73 Å². The van der Waals surface area contributed by atoms with Gasteiger partial charge in [0.05, 0.1) is 6.04 Å². The first-order valence-electron chi connectivity index (χ1n) is 7.29. The van der Waals surface area contributed by atoms with Crippen molar-refractivity contribution in [1.29, 1.82) is 0 Å². The summed E-state index contributed by atoms with van der Waals surface area (Å²) in [5, 5.41) is 3.11. The summed E-state index contributed by atoms with van der Waals surface area (Å²) < 4.78 is 0. The van der Waals surface area contributed by atoms with Crippen molar-refractivity contribution in [2.75, 3.05) is 6.54 Å². The predicted molar refractivity (Wildman–Crippen MR) is 86.1 cm³/mol. The van der Waals surface area contributed by atoms with Gasteiger partial charge in [-0.2, -0.15) is 0 Å². The molecule has 2 aromatic carbocycles. The zero-order valence-corrected chi connectivity index (χ0v) is 12.4. The predicted octanol–water partition coefficient (Wildman–Crippen LogP) is 2.28. The fourth-order valence-electron chi connectivity index (χ4n) is 2.19. The van der Waals surface area contributed by atoms with Crippen molar-refractivity contribution in [3.8, 4) is 0 Å². The normalized spacial score (nSPS) is 12.0. The van der Waals surface area contributed by atoms with Crippen LogP contribution >= 0.6 is 0 Å². The van der Waals surface area contributed by atoms with E-state index in [0.717, 1.165) is 19.4 Å². The van der Waals surface area contributed by atoms with Crippen molar-refractivity contribution < 1.29 is 4.79 Å². The van der Waals surface area contributed by atoms with E-state index in [0.29, 0.717) is 0 Å². The minimum Gasteiger partial charge on any atom is -0.368 e. The molecular weight excluding hydrogens is 260 g/mol. The van der Waals surface area contributed by atoms with E-state index < -0.39 is 0 Å². The first-order chi connectivity index (χ1) is 10.1. The van der Waals surface area contributed by atoms with Crippen LogP contribution in [0.1, 0.15) is 23.6 Å². The number of amides is 1. The third-order valence-electron chi connectivity index (χ3n) is 3.57. The Bertz CT molecular complexity index is 564. The molecule has 0 aliphatic carbocycles. The molecule has 1 amide bonds. The maximum Gasteiger partial charge on any atom is 0.234 e. The maximum absolute atomic E-state index is 10.9. The fourth-order valence-corrected chi connectivity index (χ4v) is 2.19. The third kappa shape index (κ3) is 5.04. The average molecular weight is 282 g/mol. The van der Waals surface area contributed by atoms with Gasteiger partial charge in [-0.25, -0.2) is 0 Å². The molecule has 0 aliphatic rings. The molecule has 2 aromatic rings. The van der Waals surface area contributed by atoms with Gasteiger partial charge in [-0.1, -0.05) is 54.6 Å². The van der Waals surface area contributed by atoms with E-state index in [1.807, 2.05) is 6.07 Å². The molecule has 0 unspecified atom stereocenters. The van der Waals surface area contributed by atoms with Crippen LogP contribution in [-0.4, -0.2) is 18.5 Å². The Kier molecular flexibility index (Phi) is 5.52. The molecule has 2 rings (SSSR count). The molecule has 1 atom stereocenters. The van der Waals surface area contributed by atoms with Gasteiger partial charge in [0, 0.05) is 0 Å². The summed E-state index contributed by atoms with van der Waals surface area (Å²) in [5.41, 5.74) is 9.10. The van der Waals surface area contributed by atoms with Crippen LogP contribution in [0.3, 0.4) is 0 Å². The number of primary amides is 1. The lowest BCUT2D eigenvalue weighted by Gasteiger charge is -2.10. The smallest absolute Gasteiger partial charge is 0.234 e. The number of nitrogens with two attached hydrogens (primary N) is 1. The van der Waals surface area contributed by atoms with E-state index >= 15 is 0 Å². The summed E-state index contributed by atoms with van der Waals surface area (Å²) in [5.74, 6) is -0.312. The molecule has 0 bridgehead atoms. The summed E-state index contributed by atoms with van der Waals surface area (Å²) in [4.78, 5) is 10.9. The molecule has 0 fully saturated rings. The second kappa shape index (κ2) is 7.60. The van der Waals surface area contributed by atoms with E-state index in [2.05, 4.69) is 53.8 Å². The highest BCUT2D eigenvalue weighted by Crippen LogP contribution is 2.11. The van der Waals surface area contributed by atoms with Crippen LogP contribution in [0, 0.1) is 0 Å². The van der Waals surface area contributed by atoms with Gasteiger partial charge < -0.3 is 11.1 Å². The molecule has 0 saturated carbocycles. The Morgan fingerprint density at radius 2 is 1.57 bits per heavy atom. The number of benzene rings is 2. The summed E-state index contributed by atoms with van der Waals surface area (Å²) in [6, 6.07) is 18.8. The zero-order valence-electron chi connectivity index (χ0n) is 12.4. The van der Waals surface area contributed by atoms with Crippen molar-refractivity contribution in [3.05, 3.63) is 71.3 Å². The monoisotopic (exact) mass is 282 g/mol. The Morgan fingerprint density at radius 3 is 2.19 bits per heavy atom. The molecule has 3 heteroatoms. The second-order valence-electron chi connectivity index (χ2n) is 5.31. The second-order valence-corrected chi connectivity index (χ2v) is 5.31. The lowest BCUT2D eigenvalue weighted by Crippen LogP contribution is -2.39. The molecule has 21 heavy (non-hydrogen) atoms. The number of rotatable bonds is 7. The molecule has 0 heterocycles. The van der Waals surface area contributed by atoms with Crippen LogP contribution in [0.4, 0.5) is 0 Å². The lowest BCUT2D eigenvalue weighted by molar-refractivity contribution is -0.119. The van der Waals surface area contributed by atoms with Crippen LogP contribution in [0.15, 0.2) is 54.6 Å². The summed E-state index contributed by atoms with van der Waals surface area (Å²) >= 11 is 0. The highest BCUT2D eigenvalue weighted by atomic mass is 16.1. The zero-order chi connectivity index (χ0) is 15.1. The summed E-state index contributed by atoms with van der Waals surface area (Å²) in [6.07, 6.45) is 1.85. The van der Waals surface area contributed by atoms with E-state index in [1.165, 1.54) is 16.7 Å². The molecule has 0 saturated heterocycles. The first-order valence-corrected chi connectivity index (χ1v) is 7.29. The first kappa shape index (κ1) is 15.3. The summed E-state index contributed by atoms with van der Waals surface area (Å²) in [7, 11) is 0. The van der Waals surface area contributed by atoms with Crippen LogP contribution in [0.5, 0.6) is 0 Å². The molecule has 0 aliphatic heterocycles. The standard InChI is InChI=1S/C18H22N2O/c1-14(18(19)21)20-12-11-15-7-9-17(10-8-15)13-16-5-3-2-4-6-16/h2-10,14,20H,11-13H2,1H3,(H2,19,21)/t14-/m0/s1. The van der Waals surface area contributed by atoms with E-state index in [4.69, 9.17) is 5.73 Å². The highest BCUT2D eigenvalue weighted by Gasteiger charge is 2.06. The highest BCUT2D eigenvalue weighted by molar-refractivity contribution is 5.79. The third-order valence-corrected chi connectivity index (χ3v) is 3.57. The van der Waals surface area contributed by atoms with Crippen LogP contribution < -0.4 is 11.1 Å². The Labute approximate surface area is 126 Å². The topological polar surface area (TPSA) is 55.1 Å². The van der Waals surface area contributed by atoms with Gasteiger partial charge in [-0.05, 0) is 43.0 Å². The van der Waals surface area contributed by atoms with Gasteiger partial charge in [0.2, 0.25) is 5.91 Å². The molecule has 0 radical (unpaired) electrons. The number of hydrogen-bond acceptors (Lipinski definition) is 2. The fraction of sp³-hybridized carbons (Fsp3) is 0.278. The van der Waals surface area contributed by atoms with E-state index in [-0.39, 0.29) is 11.9 Å². The van der Waals surface area contributed by atoms with Gasteiger partial charge in [0.1, 0.15) is 0 Å². The van der Waals surface area contributed by atoms with Gasteiger partial charge in [-0.3, -0.25) is 4.79 Å². The Morgan fingerprint density at radius 1 is 1.00 bits per heavy atom. The minimum atomic E-state index is -0.312. The molecule has 110 valence electrons. The van der Waals surface area contributed by atoms with Crippen LogP contribution in [-0.2, 0) is 17.6 Å². The average Bonchev–Trinajstić information content (AvgIpc) is 2.50. The molecule has 3 nitrogen and oxygen atoms in total. The van der Waals surface area contributed by atoms with Gasteiger partial charge in [0.15, 0.2) is 0 Å². The SMILES string of the molecule is C[C@H](NCCc1ccc(Cc2ccccc2)cc1)C(N)=O. The lowest BCUT2D eigenvalue weighted by atomic mass is 10.0.